The minimum Gasteiger partial charge on any atom is -0.330 e. The minimum absolute atomic E-state index is 0.627. The van der Waals surface area contributed by atoms with Crippen molar-refractivity contribution in [1.29, 1.82) is 0 Å². The maximum atomic E-state index is 5.74. The van der Waals surface area contributed by atoms with Crippen LogP contribution in [0.5, 0.6) is 0 Å². The van der Waals surface area contributed by atoms with Crippen molar-refractivity contribution < 1.29 is 0 Å². The van der Waals surface area contributed by atoms with Crippen LogP contribution in [-0.4, -0.2) is 6.54 Å². The van der Waals surface area contributed by atoms with Gasteiger partial charge in [0.1, 0.15) is 0 Å². The molecule has 0 amide bonds. The Balaban J connectivity index is 2.10. The molecule has 3 saturated carbocycles. The molecule has 0 aromatic heterocycles. The van der Waals surface area contributed by atoms with E-state index in [1.54, 1.807) is 0 Å². The molecule has 0 aliphatic heterocycles. The van der Waals surface area contributed by atoms with E-state index in [-0.39, 0.29) is 0 Å². The zero-order chi connectivity index (χ0) is 8.06. The van der Waals surface area contributed by atoms with Crippen molar-refractivity contribution in [1.82, 2.24) is 0 Å². The molecule has 1 heteroatoms. The Morgan fingerprint density at radius 1 is 1.36 bits per heavy atom. The quantitative estimate of drug-likeness (QED) is 0.612. The van der Waals surface area contributed by atoms with E-state index in [9.17, 15) is 0 Å². The summed E-state index contributed by atoms with van der Waals surface area (Å²) in [4.78, 5) is 0. The molecule has 0 saturated heterocycles. The fourth-order valence-corrected chi connectivity index (χ4v) is 3.24. The van der Waals surface area contributed by atoms with Crippen LogP contribution in [0.2, 0.25) is 0 Å². The highest BCUT2D eigenvalue weighted by Gasteiger charge is 2.53. The van der Waals surface area contributed by atoms with Crippen molar-refractivity contribution in [3.8, 4) is 0 Å². The standard InChI is InChI=1S/C10H19N/c1-10(2)8-4-3-7(6-11)9(10)5-8/h7-9H,3-6,11H2,1-2H3/t7-,8+,9+/m1/s1. The fourth-order valence-electron chi connectivity index (χ4n) is 3.24. The van der Waals surface area contributed by atoms with Crippen molar-refractivity contribution >= 4 is 0 Å². The summed E-state index contributed by atoms with van der Waals surface area (Å²) in [7, 11) is 0. The van der Waals surface area contributed by atoms with Gasteiger partial charge in [-0.15, -0.1) is 0 Å². The highest BCUT2D eigenvalue weighted by molar-refractivity contribution is 5.03. The molecule has 2 bridgehead atoms. The van der Waals surface area contributed by atoms with Crippen molar-refractivity contribution in [2.45, 2.75) is 33.1 Å². The molecule has 3 fully saturated rings. The zero-order valence-corrected chi connectivity index (χ0v) is 7.64. The summed E-state index contributed by atoms with van der Waals surface area (Å²) < 4.78 is 0. The molecule has 0 spiro atoms. The van der Waals surface area contributed by atoms with Gasteiger partial charge in [-0.1, -0.05) is 13.8 Å². The Morgan fingerprint density at radius 3 is 2.45 bits per heavy atom. The van der Waals surface area contributed by atoms with Gasteiger partial charge >= 0.3 is 0 Å². The van der Waals surface area contributed by atoms with Gasteiger partial charge in [0.15, 0.2) is 0 Å². The van der Waals surface area contributed by atoms with Crippen LogP contribution in [0.3, 0.4) is 0 Å². The number of rotatable bonds is 1. The average Bonchev–Trinajstić information content (AvgIpc) is 2.04. The lowest BCUT2D eigenvalue weighted by atomic mass is 9.45. The van der Waals surface area contributed by atoms with Gasteiger partial charge in [0.25, 0.3) is 0 Å². The van der Waals surface area contributed by atoms with Gasteiger partial charge in [0, 0.05) is 0 Å². The second-order valence-electron chi connectivity index (χ2n) is 4.93. The van der Waals surface area contributed by atoms with E-state index in [2.05, 4.69) is 13.8 Å². The summed E-state index contributed by atoms with van der Waals surface area (Å²) in [6, 6.07) is 0. The predicted octanol–water partition coefficient (Wildman–Crippen LogP) is 2.02. The van der Waals surface area contributed by atoms with Crippen molar-refractivity contribution in [2.75, 3.05) is 6.54 Å². The van der Waals surface area contributed by atoms with Gasteiger partial charge in [-0.3, -0.25) is 0 Å². The van der Waals surface area contributed by atoms with Gasteiger partial charge in [-0.05, 0) is 49.0 Å². The first-order chi connectivity index (χ1) is 5.16. The maximum absolute atomic E-state index is 5.74. The molecule has 3 aliphatic carbocycles. The molecule has 0 radical (unpaired) electrons. The lowest BCUT2D eigenvalue weighted by Gasteiger charge is -2.60. The number of nitrogens with two attached hydrogens (primary N) is 1. The van der Waals surface area contributed by atoms with E-state index < -0.39 is 0 Å². The summed E-state index contributed by atoms with van der Waals surface area (Å²) in [6.45, 7) is 5.77. The first-order valence-electron chi connectivity index (χ1n) is 4.86. The Bertz CT molecular complexity index is 160. The SMILES string of the molecule is CC1(C)[C@H]2CC[C@H](CN)[C@@H]1C2. The van der Waals surface area contributed by atoms with Gasteiger partial charge in [-0.25, -0.2) is 0 Å². The third kappa shape index (κ3) is 0.868. The molecular formula is C10H19N. The van der Waals surface area contributed by atoms with Crippen LogP contribution in [0.25, 0.3) is 0 Å². The molecular weight excluding hydrogens is 134 g/mol. The number of fused-ring (bicyclic) bond motifs is 2. The van der Waals surface area contributed by atoms with E-state index in [1.807, 2.05) is 0 Å². The van der Waals surface area contributed by atoms with E-state index >= 15 is 0 Å². The summed E-state index contributed by atoms with van der Waals surface area (Å²) in [5, 5.41) is 0. The van der Waals surface area contributed by atoms with Crippen LogP contribution in [0.1, 0.15) is 33.1 Å². The van der Waals surface area contributed by atoms with Crippen molar-refractivity contribution in [3.63, 3.8) is 0 Å². The highest BCUT2D eigenvalue weighted by atomic mass is 14.6. The fraction of sp³-hybridized carbons (Fsp3) is 1.00. The van der Waals surface area contributed by atoms with E-state index in [0.717, 1.165) is 24.3 Å². The molecule has 3 atom stereocenters. The molecule has 11 heavy (non-hydrogen) atoms. The van der Waals surface area contributed by atoms with Gasteiger partial charge < -0.3 is 5.73 Å². The van der Waals surface area contributed by atoms with Gasteiger partial charge in [0.05, 0.1) is 0 Å². The summed E-state index contributed by atoms with van der Waals surface area (Å²) in [6.07, 6.45) is 4.30. The normalized spacial score (nSPS) is 46.6. The zero-order valence-electron chi connectivity index (χ0n) is 7.64. The molecule has 2 N–H and O–H groups in total. The van der Waals surface area contributed by atoms with E-state index in [1.165, 1.54) is 19.3 Å². The lowest BCUT2D eigenvalue weighted by molar-refractivity contribution is -0.101. The number of hydrogen-bond acceptors (Lipinski definition) is 1. The Labute approximate surface area is 69.4 Å². The summed E-state index contributed by atoms with van der Waals surface area (Å²) >= 11 is 0. The van der Waals surface area contributed by atoms with Crippen LogP contribution in [0, 0.1) is 23.2 Å². The van der Waals surface area contributed by atoms with Crippen LogP contribution >= 0.6 is 0 Å². The molecule has 1 nitrogen and oxygen atoms in total. The van der Waals surface area contributed by atoms with Gasteiger partial charge in [-0.2, -0.15) is 0 Å². The number of hydrogen-bond donors (Lipinski definition) is 1. The first-order valence-corrected chi connectivity index (χ1v) is 4.86. The summed E-state index contributed by atoms with van der Waals surface area (Å²) in [5.41, 5.74) is 6.37. The van der Waals surface area contributed by atoms with Crippen LogP contribution in [0.4, 0.5) is 0 Å². The topological polar surface area (TPSA) is 26.0 Å². The molecule has 3 rings (SSSR count). The lowest BCUT2D eigenvalue weighted by Crippen LogP contribution is -2.53. The molecule has 0 unspecified atom stereocenters. The van der Waals surface area contributed by atoms with Crippen molar-refractivity contribution in [2.24, 2.45) is 28.9 Å². The Hall–Kier alpha value is -0.0400. The van der Waals surface area contributed by atoms with E-state index in [4.69, 9.17) is 5.73 Å². The van der Waals surface area contributed by atoms with Gasteiger partial charge in [0.2, 0.25) is 0 Å². The average molecular weight is 153 g/mol. The smallest absolute Gasteiger partial charge is 0.00460 e. The predicted molar refractivity (Wildman–Crippen MR) is 47.2 cm³/mol. The monoisotopic (exact) mass is 153 g/mol. The van der Waals surface area contributed by atoms with Crippen LogP contribution in [0.15, 0.2) is 0 Å². The first kappa shape index (κ1) is 7.60. The van der Waals surface area contributed by atoms with Crippen LogP contribution < -0.4 is 5.73 Å². The second-order valence-corrected chi connectivity index (χ2v) is 4.93. The molecule has 0 aromatic carbocycles. The molecule has 0 heterocycles. The maximum Gasteiger partial charge on any atom is -0.00460 e. The largest absolute Gasteiger partial charge is 0.330 e. The second kappa shape index (κ2) is 2.22. The van der Waals surface area contributed by atoms with E-state index in [0.29, 0.717) is 5.41 Å². The minimum atomic E-state index is 0.627. The Kier molecular flexibility index (Phi) is 1.54. The van der Waals surface area contributed by atoms with Crippen molar-refractivity contribution in [3.05, 3.63) is 0 Å². The molecule has 3 aliphatic rings. The Morgan fingerprint density at radius 2 is 2.09 bits per heavy atom. The third-order valence-electron chi connectivity index (χ3n) is 4.30. The summed E-state index contributed by atoms with van der Waals surface area (Å²) in [5.74, 6) is 2.82. The molecule has 0 aromatic rings. The van der Waals surface area contributed by atoms with Crippen LogP contribution in [-0.2, 0) is 0 Å². The molecule has 64 valence electrons. The third-order valence-corrected chi connectivity index (χ3v) is 4.30. The highest BCUT2D eigenvalue weighted by Crippen LogP contribution is 2.60.